The smallest absolute Gasteiger partial charge is 0.341 e. The second-order valence-electron chi connectivity index (χ2n) is 7.55. The minimum atomic E-state index is -0.332. The molecule has 6 nitrogen and oxygen atoms in total. The average Bonchev–Trinajstić information content (AvgIpc) is 3.33. The molecule has 8 heteroatoms. The highest BCUT2D eigenvalue weighted by molar-refractivity contribution is 8.18. The van der Waals surface area contributed by atoms with E-state index in [4.69, 9.17) is 4.74 Å². The summed E-state index contributed by atoms with van der Waals surface area (Å²) in [4.78, 5) is 36.0. The van der Waals surface area contributed by atoms with Crippen molar-refractivity contribution in [2.75, 3.05) is 6.61 Å². The van der Waals surface area contributed by atoms with Gasteiger partial charge in [0.2, 0.25) is 0 Å². The molecule has 1 fully saturated rings. The first-order chi connectivity index (χ1) is 15.6. The highest BCUT2D eigenvalue weighted by Gasteiger charge is 2.29. The molecule has 1 amide bonds. The molecule has 0 atom stereocenters. The van der Waals surface area contributed by atoms with Crippen LogP contribution in [0.5, 0.6) is 0 Å². The fourth-order valence-electron chi connectivity index (χ4n) is 3.95. The van der Waals surface area contributed by atoms with Crippen LogP contribution < -0.4 is 5.32 Å². The Hall–Kier alpha value is -2.97. The third-order valence-electron chi connectivity index (χ3n) is 5.41. The molecular weight excluding hydrogens is 442 g/mol. The number of hydrogen-bond acceptors (Lipinski definition) is 7. The first-order valence-electron chi connectivity index (χ1n) is 10.6. The lowest BCUT2D eigenvalue weighted by molar-refractivity contribution is -0.115. The fraction of sp³-hybridized carbons (Fsp3) is 0.250. The number of aromatic nitrogens is 1. The summed E-state index contributed by atoms with van der Waals surface area (Å²) in [7, 11) is 0. The van der Waals surface area contributed by atoms with Crippen molar-refractivity contribution in [1.29, 1.82) is 0 Å². The predicted molar refractivity (Wildman–Crippen MR) is 129 cm³/mol. The zero-order valence-electron chi connectivity index (χ0n) is 17.5. The molecule has 1 aromatic carbocycles. The summed E-state index contributed by atoms with van der Waals surface area (Å²) in [5.74, 6) is -0.528. The molecule has 1 N–H and O–H groups in total. The van der Waals surface area contributed by atoms with Crippen LogP contribution in [0.4, 0.5) is 5.00 Å². The summed E-state index contributed by atoms with van der Waals surface area (Å²) in [6.45, 7) is 2.12. The summed E-state index contributed by atoms with van der Waals surface area (Å²) < 4.78 is 5.30. The minimum Gasteiger partial charge on any atom is -0.462 e. The number of aliphatic imine (C=N–C) groups is 1. The molecule has 0 bridgehead atoms. The molecular formula is C24H21N3O3S2. The first-order valence-corrected chi connectivity index (χ1v) is 12.2. The van der Waals surface area contributed by atoms with Crippen molar-refractivity contribution < 1.29 is 14.3 Å². The number of aryl methyl sites for hydroxylation is 1. The van der Waals surface area contributed by atoms with Crippen LogP contribution in [0.1, 0.15) is 46.1 Å². The number of nitrogens with one attached hydrogen (secondary N) is 1. The molecule has 3 heterocycles. The van der Waals surface area contributed by atoms with E-state index >= 15 is 0 Å². The largest absolute Gasteiger partial charge is 0.462 e. The van der Waals surface area contributed by atoms with Gasteiger partial charge in [-0.25, -0.2) is 9.79 Å². The average molecular weight is 464 g/mol. The maximum Gasteiger partial charge on any atom is 0.341 e. The van der Waals surface area contributed by atoms with E-state index < -0.39 is 0 Å². The topological polar surface area (TPSA) is 80.6 Å². The van der Waals surface area contributed by atoms with Gasteiger partial charge in [0.15, 0.2) is 5.17 Å². The van der Waals surface area contributed by atoms with E-state index in [9.17, 15) is 9.59 Å². The van der Waals surface area contributed by atoms with Gasteiger partial charge in [-0.05, 0) is 79.8 Å². The van der Waals surface area contributed by atoms with E-state index in [0.717, 1.165) is 47.7 Å². The number of thioether (sulfide) groups is 1. The van der Waals surface area contributed by atoms with Crippen molar-refractivity contribution in [1.82, 2.24) is 10.3 Å². The van der Waals surface area contributed by atoms with Crippen LogP contribution in [0.3, 0.4) is 0 Å². The molecule has 1 saturated heterocycles. The van der Waals surface area contributed by atoms with Gasteiger partial charge < -0.3 is 10.1 Å². The van der Waals surface area contributed by atoms with Crippen LogP contribution in [0.2, 0.25) is 0 Å². The normalized spacial score (nSPS) is 18.2. The SMILES string of the molecule is CCOC(=O)c1c(/N=C2/NC(=O)/C(=C/c3ccc4ncccc4c3)S2)sc2c1CCCC2. The van der Waals surface area contributed by atoms with Gasteiger partial charge in [0.05, 0.1) is 22.6 Å². The molecule has 5 rings (SSSR count). The van der Waals surface area contributed by atoms with Crippen molar-refractivity contribution in [2.45, 2.75) is 32.6 Å². The summed E-state index contributed by atoms with van der Waals surface area (Å²) >= 11 is 2.81. The number of fused-ring (bicyclic) bond motifs is 2. The molecule has 3 aromatic rings. The van der Waals surface area contributed by atoms with Crippen LogP contribution in [0.15, 0.2) is 46.4 Å². The maximum absolute atomic E-state index is 12.7. The van der Waals surface area contributed by atoms with Gasteiger partial charge in [0.25, 0.3) is 5.91 Å². The maximum atomic E-state index is 12.7. The van der Waals surface area contributed by atoms with Crippen LogP contribution in [0, 0.1) is 0 Å². The number of thiophene rings is 1. The van der Waals surface area contributed by atoms with Gasteiger partial charge in [0.1, 0.15) is 5.00 Å². The van der Waals surface area contributed by atoms with E-state index in [-0.39, 0.29) is 11.9 Å². The van der Waals surface area contributed by atoms with E-state index in [1.54, 1.807) is 13.1 Å². The Morgan fingerprint density at radius 1 is 1.28 bits per heavy atom. The predicted octanol–water partition coefficient (Wildman–Crippen LogP) is 5.24. The van der Waals surface area contributed by atoms with Crippen molar-refractivity contribution in [2.24, 2.45) is 4.99 Å². The molecule has 0 spiro atoms. The first kappa shape index (κ1) is 20.9. The Morgan fingerprint density at radius 3 is 3.03 bits per heavy atom. The standard InChI is InChI=1S/C24H21N3O3S2/c1-2-30-23(29)20-16-7-3-4-8-18(16)31-22(20)27-24-26-21(28)19(32-24)13-14-9-10-17-15(12-14)6-5-11-25-17/h5-6,9-13H,2-4,7-8H2,1H3,(H,26,27,28)/b19-13-. The number of carbonyl (C=O) groups excluding carboxylic acids is 2. The molecule has 1 aliphatic carbocycles. The Kier molecular flexibility index (Phi) is 5.80. The number of hydrogen-bond donors (Lipinski definition) is 1. The summed E-state index contributed by atoms with van der Waals surface area (Å²) in [6.07, 6.45) is 7.61. The molecule has 32 heavy (non-hydrogen) atoms. The van der Waals surface area contributed by atoms with Gasteiger partial charge in [-0.2, -0.15) is 0 Å². The molecule has 2 aromatic heterocycles. The second kappa shape index (κ2) is 8.88. The fourth-order valence-corrected chi connectivity index (χ4v) is 6.09. The van der Waals surface area contributed by atoms with Crippen LogP contribution in [-0.2, 0) is 22.4 Å². The Morgan fingerprint density at radius 2 is 2.16 bits per heavy atom. The van der Waals surface area contributed by atoms with Crippen molar-refractivity contribution in [3.63, 3.8) is 0 Å². The van der Waals surface area contributed by atoms with Gasteiger partial charge >= 0.3 is 5.97 Å². The highest BCUT2D eigenvalue weighted by Crippen LogP contribution is 2.41. The van der Waals surface area contributed by atoms with Gasteiger partial charge in [-0.15, -0.1) is 11.3 Å². The molecule has 1 aliphatic heterocycles. The van der Waals surface area contributed by atoms with Crippen LogP contribution in [-0.4, -0.2) is 28.6 Å². The molecule has 2 aliphatic rings. The lowest BCUT2D eigenvalue weighted by atomic mass is 9.95. The van der Waals surface area contributed by atoms with E-state index in [0.29, 0.717) is 27.2 Å². The lowest BCUT2D eigenvalue weighted by Gasteiger charge is -2.11. The Bertz CT molecular complexity index is 1290. The molecule has 0 saturated carbocycles. The Labute approximate surface area is 193 Å². The van der Waals surface area contributed by atoms with Gasteiger partial charge in [0, 0.05) is 16.5 Å². The van der Waals surface area contributed by atoms with Crippen LogP contribution in [0.25, 0.3) is 17.0 Å². The summed E-state index contributed by atoms with van der Waals surface area (Å²) in [6, 6.07) is 9.77. The Balaban J connectivity index is 1.46. The van der Waals surface area contributed by atoms with Crippen molar-refractivity contribution >= 4 is 62.1 Å². The number of benzene rings is 1. The van der Waals surface area contributed by atoms with Crippen molar-refractivity contribution in [3.05, 3.63) is 63.0 Å². The third-order valence-corrected chi connectivity index (χ3v) is 7.51. The number of pyridine rings is 1. The second-order valence-corrected chi connectivity index (χ2v) is 9.66. The summed E-state index contributed by atoms with van der Waals surface area (Å²) in [5, 5.41) is 4.95. The number of esters is 1. The van der Waals surface area contributed by atoms with Crippen molar-refractivity contribution in [3.8, 4) is 0 Å². The number of carbonyl (C=O) groups is 2. The monoisotopic (exact) mass is 463 g/mol. The van der Waals surface area contributed by atoms with E-state index in [1.165, 1.54) is 28.0 Å². The zero-order valence-corrected chi connectivity index (χ0v) is 19.1. The quantitative estimate of drug-likeness (QED) is 0.423. The number of amidine groups is 1. The number of nitrogens with zero attached hydrogens (tertiary/aromatic N) is 2. The summed E-state index contributed by atoms with van der Waals surface area (Å²) in [5.41, 5.74) is 3.46. The molecule has 0 unspecified atom stereocenters. The molecule has 162 valence electrons. The van der Waals surface area contributed by atoms with Crippen LogP contribution >= 0.6 is 23.1 Å². The lowest BCUT2D eigenvalue weighted by Crippen LogP contribution is -2.19. The van der Waals surface area contributed by atoms with E-state index in [1.807, 2.05) is 36.4 Å². The minimum absolute atomic E-state index is 0.195. The number of ether oxygens (including phenoxy) is 1. The molecule has 0 radical (unpaired) electrons. The number of amides is 1. The highest BCUT2D eigenvalue weighted by atomic mass is 32.2. The van der Waals surface area contributed by atoms with Gasteiger partial charge in [-0.1, -0.05) is 12.1 Å². The van der Waals surface area contributed by atoms with E-state index in [2.05, 4.69) is 15.3 Å². The zero-order chi connectivity index (χ0) is 22.1. The number of rotatable bonds is 4. The van der Waals surface area contributed by atoms with Gasteiger partial charge in [-0.3, -0.25) is 9.78 Å². The third kappa shape index (κ3) is 4.08.